The fourth-order valence-corrected chi connectivity index (χ4v) is 3.46. The molecule has 1 aliphatic heterocycles. The van der Waals surface area contributed by atoms with Gasteiger partial charge < -0.3 is 10.1 Å². The molecule has 1 aromatic carbocycles. The predicted molar refractivity (Wildman–Crippen MR) is 111 cm³/mol. The van der Waals surface area contributed by atoms with Gasteiger partial charge in [0.25, 0.3) is 5.91 Å². The van der Waals surface area contributed by atoms with Crippen molar-refractivity contribution < 1.29 is 14.3 Å². The SMILES string of the molecule is O=C(NCC1CN(c2ccc(-n3ccnn3)cc2)C(=O)O1)C1=CC(Cl)=CCC1=S. The van der Waals surface area contributed by atoms with Crippen LogP contribution in [0.1, 0.15) is 6.42 Å². The third-order valence-corrected chi connectivity index (χ3v) is 5.17. The van der Waals surface area contributed by atoms with Gasteiger partial charge in [0.05, 0.1) is 36.7 Å². The van der Waals surface area contributed by atoms with E-state index in [-0.39, 0.29) is 12.5 Å². The molecule has 1 unspecified atom stereocenters. The number of hydrogen-bond acceptors (Lipinski definition) is 6. The number of benzene rings is 1. The molecule has 0 saturated carbocycles. The van der Waals surface area contributed by atoms with E-state index >= 15 is 0 Å². The summed E-state index contributed by atoms with van der Waals surface area (Å²) in [6.45, 7) is 0.505. The normalized spacial score (nSPS) is 18.9. The van der Waals surface area contributed by atoms with Gasteiger partial charge in [0.1, 0.15) is 6.10 Å². The Morgan fingerprint density at radius 1 is 1.31 bits per heavy atom. The summed E-state index contributed by atoms with van der Waals surface area (Å²) in [6.07, 6.45) is 6.16. The molecule has 8 nitrogen and oxygen atoms in total. The van der Waals surface area contributed by atoms with Gasteiger partial charge in [-0.15, -0.1) is 5.10 Å². The van der Waals surface area contributed by atoms with Gasteiger partial charge in [-0.3, -0.25) is 9.69 Å². The Balaban J connectivity index is 1.36. The van der Waals surface area contributed by atoms with Gasteiger partial charge >= 0.3 is 6.09 Å². The van der Waals surface area contributed by atoms with E-state index in [1.807, 2.05) is 12.1 Å². The lowest BCUT2D eigenvalue weighted by Gasteiger charge is -2.15. The lowest BCUT2D eigenvalue weighted by atomic mass is 10.0. The first kappa shape index (κ1) is 19.3. The van der Waals surface area contributed by atoms with Crippen LogP contribution >= 0.6 is 23.8 Å². The second-order valence-corrected chi connectivity index (χ2v) is 7.39. The highest BCUT2D eigenvalue weighted by molar-refractivity contribution is 7.81. The number of ether oxygens (including phenoxy) is 1. The number of aromatic nitrogens is 3. The van der Waals surface area contributed by atoms with E-state index in [1.54, 1.807) is 41.4 Å². The summed E-state index contributed by atoms with van der Waals surface area (Å²) in [4.78, 5) is 26.7. The molecule has 4 rings (SSSR count). The number of amides is 2. The monoisotopic (exact) mass is 429 g/mol. The van der Waals surface area contributed by atoms with E-state index in [9.17, 15) is 9.59 Å². The van der Waals surface area contributed by atoms with Crippen LogP contribution in [-0.2, 0) is 9.53 Å². The molecule has 0 bridgehead atoms. The maximum atomic E-state index is 12.4. The summed E-state index contributed by atoms with van der Waals surface area (Å²) in [5.74, 6) is -0.326. The number of rotatable bonds is 5. The Morgan fingerprint density at radius 3 is 2.79 bits per heavy atom. The van der Waals surface area contributed by atoms with Crippen molar-refractivity contribution in [2.75, 3.05) is 18.0 Å². The maximum Gasteiger partial charge on any atom is 0.414 e. The van der Waals surface area contributed by atoms with E-state index in [0.717, 1.165) is 5.69 Å². The number of carbonyl (C=O) groups is 2. The fraction of sp³-hybridized carbons (Fsp3) is 0.211. The summed E-state index contributed by atoms with van der Waals surface area (Å²) in [5.41, 5.74) is 1.89. The van der Waals surface area contributed by atoms with E-state index in [4.69, 9.17) is 28.6 Å². The average molecular weight is 430 g/mol. The lowest BCUT2D eigenvalue weighted by molar-refractivity contribution is -0.117. The van der Waals surface area contributed by atoms with Crippen LogP contribution in [0.4, 0.5) is 10.5 Å². The third-order valence-electron chi connectivity index (χ3n) is 4.52. The van der Waals surface area contributed by atoms with Crippen LogP contribution in [0.15, 0.2) is 59.4 Å². The van der Waals surface area contributed by atoms with Gasteiger partial charge in [-0.2, -0.15) is 0 Å². The van der Waals surface area contributed by atoms with E-state index in [0.29, 0.717) is 34.1 Å². The average Bonchev–Trinajstić information content (AvgIpc) is 3.38. The van der Waals surface area contributed by atoms with Crippen LogP contribution in [0.3, 0.4) is 0 Å². The fourth-order valence-electron chi connectivity index (χ4n) is 3.04. The van der Waals surface area contributed by atoms with Gasteiger partial charge in [0.15, 0.2) is 0 Å². The first-order valence-electron chi connectivity index (χ1n) is 8.85. The van der Waals surface area contributed by atoms with Gasteiger partial charge in [-0.1, -0.05) is 35.1 Å². The Hall–Kier alpha value is -3.04. The lowest BCUT2D eigenvalue weighted by Crippen LogP contribution is -2.36. The quantitative estimate of drug-likeness (QED) is 0.734. The molecule has 0 radical (unpaired) electrons. The summed E-state index contributed by atoms with van der Waals surface area (Å²) < 4.78 is 6.99. The van der Waals surface area contributed by atoms with E-state index < -0.39 is 12.2 Å². The Kier molecular flexibility index (Phi) is 5.41. The van der Waals surface area contributed by atoms with Crippen LogP contribution in [0.25, 0.3) is 5.69 Å². The summed E-state index contributed by atoms with van der Waals surface area (Å²) in [6, 6.07) is 7.28. The zero-order chi connectivity index (χ0) is 20.4. The largest absolute Gasteiger partial charge is 0.442 e. The minimum absolute atomic E-state index is 0.180. The van der Waals surface area contributed by atoms with Gasteiger partial charge in [0.2, 0.25) is 0 Å². The molecule has 10 heteroatoms. The third kappa shape index (κ3) is 4.20. The second-order valence-electron chi connectivity index (χ2n) is 6.46. The Morgan fingerprint density at radius 2 is 2.07 bits per heavy atom. The zero-order valence-corrected chi connectivity index (χ0v) is 16.7. The molecule has 2 amide bonds. The molecule has 29 heavy (non-hydrogen) atoms. The van der Waals surface area contributed by atoms with E-state index in [2.05, 4.69) is 15.6 Å². The number of carbonyl (C=O) groups excluding carboxylic acids is 2. The van der Waals surface area contributed by atoms with Gasteiger partial charge in [0, 0.05) is 22.0 Å². The molecule has 2 aliphatic rings. The predicted octanol–water partition coefficient (Wildman–Crippen LogP) is 2.53. The van der Waals surface area contributed by atoms with Gasteiger partial charge in [-0.05, 0) is 30.3 Å². The molecule has 1 N–H and O–H groups in total. The Labute approximate surface area is 176 Å². The van der Waals surface area contributed by atoms with Crippen LogP contribution in [0, 0.1) is 0 Å². The number of allylic oxidation sites excluding steroid dienone is 3. The van der Waals surface area contributed by atoms with Crippen molar-refractivity contribution in [3.8, 4) is 5.69 Å². The minimum atomic E-state index is -0.467. The molecule has 1 atom stereocenters. The summed E-state index contributed by atoms with van der Waals surface area (Å²) >= 11 is 11.2. The standard InChI is InChI=1S/C19H16ClN5O3S/c20-12-1-6-17(29)16(9-12)18(26)21-10-15-11-24(19(27)28-15)13-2-4-14(5-3-13)25-8-7-22-23-25/h1-5,7-9,15H,6,10-11H2,(H,21,26). The second kappa shape index (κ2) is 8.14. The van der Waals surface area contributed by atoms with Crippen molar-refractivity contribution in [3.63, 3.8) is 0 Å². The van der Waals surface area contributed by atoms with Crippen molar-refractivity contribution in [1.29, 1.82) is 0 Å². The Bertz CT molecular complexity index is 1020. The van der Waals surface area contributed by atoms with Crippen molar-refractivity contribution in [3.05, 3.63) is 59.4 Å². The van der Waals surface area contributed by atoms with E-state index in [1.165, 1.54) is 4.90 Å². The van der Waals surface area contributed by atoms with Crippen LogP contribution in [0.5, 0.6) is 0 Å². The first-order valence-corrected chi connectivity index (χ1v) is 9.63. The number of thiocarbonyl (C=S) groups is 1. The number of cyclic esters (lactones) is 1. The molecule has 1 fully saturated rings. The number of anilines is 1. The number of nitrogens with zero attached hydrogens (tertiary/aromatic N) is 4. The number of nitrogens with one attached hydrogen (secondary N) is 1. The zero-order valence-electron chi connectivity index (χ0n) is 15.1. The molecule has 1 saturated heterocycles. The molecular weight excluding hydrogens is 414 g/mol. The summed E-state index contributed by atoms with van der Waals surface area (Å²) in [5, 5.41) is 10.9. The first-order chi connectivity index (χ1) is 14.0. The highest BCUT2D eigenvalue weighted by Crippen LogP contribution is 2.23. The van der Waals surface area contributed by atoms with Crippen LogP contribution in [0.2, 0.25) is 0 Å². The molecule has 2 aromatic rings. The maximum absolute atomic E-state index is 12.4. The highest BCUT2D eigenvalue weighted by atomic mass is 35.5. The minimum Gasteiger partial charge on any atom is -0.442 e. The molecule has 148 valence electrons. The molecular formula is C19H16ClN5O3S. The van der Waals surface area contributed by atoms with Crippen LogP contribution in [-0.4, -0.2) is 51.1 Å². The molecule has 2 heterocycles. The smallest absolute Gasteiger partial charge is 0.414 e. The summed E-state index contributed by atoms with van der Waals surface area (Å²) in [7, 11) is 0. The van der Waals surface area contributed by atoms with Gasteiger partial charge in [-0.25, -0.2) is 9.48 Å². The highest BCUT2D eigenvalue weighted by Gasteiger charge is 2.33. The van der Waals surface area contributed by atoms with Crippen LogP contribution < -0.4 is 10.2 Å². The number of halogens is 1. The van der Waals surface area contributed by atoms with Crippen molar-refractivity contribution in [2.45, 2.75) is 12.5 Å². The molecule has 0 spiro atoms. The van der Waals surface area contributed by atoms with Crippen molar-refractivity contribution >= 4 is 46.4 Å². The van der Waals surface area contributed by atoms with Crippen molar-refractivity contribution in [2.24, 2.45) is 0 Å². The molecule has 1 aliphatic carbocycles. The van der Waals surface area contributed by atoms with Crippen molar-refractivity contribution in [1.82, 2.24) is 20.3 Å². The topological polar surface area (TPSA) is 89.4 Å². The number of hydrogen-bond donors (Lipinski definition) is 1. The molecule has 1 aromatic heterocycles.